The molecule has 1 saturated heterocycles. The summed E-state index contributed by atoms with van der Waals surface area (Å²) in [6.45, 7) is 2.47. The Hall–Kier alpha value is -1.47. The monoisotopic (exact) mass is 269 g/mol. The third-order valence-corrected chi connectivity index (χ3v) is 4.07. The SMILES string of the molecule is Cc1nsc(N(C)C(=O)C2CCCN2)c1C(=O)O. The minimum absolute atomic E-state index is 0.0985. The number of nitrogens with zero attached hydrogens (tertiary/aromatic N) is 2. The number of nitrogens with one attached hydrogen (secondary N) is 1. The highest BCUT2D eigenvalue weighted by molar-refractivity contribution is 7.11. The van der Waals surface area contributed by atoms with Crippen LogP contribution < -0.4 is 10.2 Å². The summed E-state index contributed by atoms with van der Waals surface area (Å²) in [5.74, 6) is -1.14. The molecule has 2 heterocycles. The van der Waals surface area contributed by atoms with Crippen molar-refractivity contribution in [3.63, 3.8) is 0 Å². The molecule has 1 aromatic rings. The van der Waals surface area contributed by atoms with E-state index in [1.165, 1.54) is 4.90 Å². The molecule has 18 heavy (non-hydrogen) atoms. The number of hydrogen-bond acceptors (Lipinski definition) is 5. The number of aryl methyl sites for hydroxylation is 1. The van der Waals surface area contributed by atoms with Gasteiger partial charge in [0.2, 0.25) is 5.91 Å². The summed E-state index contributed by atoms with van der Waals surface area (Å²) >= 11 is 1.05. The van der Waals surface area contributed by atoms with Crippen LogP contribution in [0.1, 0.15) is 28.9 Å². The molecule has 1 fully saturated rings. The number of hydrogen-bond donors (Lipinski definition) is 2. The lowest BCUT2D eigenvalue weighted by Crippen LogP contribution is -2.41. The van der Waals surface area contributed by atoms with E-state index in [1.54, 1.807) is 14.0 Å². The van der Waals surface area contributed by atoms with Gasteiger partial charge < -0.3 is 15.3 Å². The normalized spacial score (nSPS) is 18.9. The second kappa shape index (κ2) is 5.03. The molecule has 1 amide bonds. The van der Waals surface area contributed by atoms with Crippen molar-refractivity contribution in [1.82, 2.24) is 9.69 Å². The lowest BCUT2D eigenvalue weighted by atomic mass is 10.2. The number of anilines is 1. The van der Waals surface area contributed by atoms with Crippen molar-refractivity contribution in [2.75, 3.05) is 18.5 Å². The number of aromatic carboxylic acids is 1. The first-order valence-electron chi connectivity index (χ1n) is 5.73. The van der Waals surface area contributed by atoms with Crippen LogP contribution in [0.4, 0.5) is 5.00 Å². The molecule has 2 N–H and O–H groups in total. The third kappa shape index (κ3) is 2.23. The molecular weight excluding hydrogens is 254 g/mol. The zero-order valence-electron chi connectivity index (χ0n) is 10.3. The van der Waals surface area contributed by atoms with E-state index in [4.69, 9.17) is 5.11 Å². The van der Waals surface area contributed by atoms with Gasteiger partial charge in [0.1, 0.15) is 10.6 Å². The first-order valence-corrected chi connectivity index (χ1v) is 6.50. The Kier molecular flexibility index (Phi) is 3.63. The Morgan fingerprint density at radius 2 is 2.28 bits per heavy atom. The molecule has 0 aromatic carbocycles. The molecule has 1 unspecified atom stereocenters. The first kappa shape index (κ1) is 13.0. The molecule has 1 aliphatic rings. The Morgan fingerprint density at radius 3 is 2.83 bits per heavy atom. The van der Waals surface area contributed by atoms with Crippen molar-refractivity contribution in [1.29, 1.82) is 0 Å². The number of carbonyl (C=O) groups is 2. The fourth-order valence-electron chi connectivity index (χ4n) is 2.06. The van der Waals surface area contributed by atoms with Crippen LogP contribution >= 0.6 is 11.5 Å². The summed E-state index contributed by atoms with van der Waals surface area (Å²) < 4.78 is 4.01. The van der Waals surface area contributed by atoms with Gasteiger partial charge in [0.15, 0.2) is 0 Å². The molecule has 7 heteroatoms. The maximum Gasteiger partial charge on any atom is 0.340 e. The second-order valence-corrected chi connectivity index (χ2v) is 5.05. The van der Waals surface area contributed by atoms with Crippen LogP contribution in [0.15, 0.2) is 0 Å². The first-order chi connectivity index (χ1) is 8.52. The highest BCUT2D eigenvalue weighted by Gasteiger charge is 2.29. The van der Waals surface area contributed by atoms with Gasteiger partial charge in [-0.1, -0.05) is 0 Å². The Morgan fingerprint density at radius 1 is 1.56 bits per heavy atom. The molecule has 0 radical (unpaired) electrons. The molecule has 98 valence electrons. The van der Waals surface area contributed by atoms with Crippen molar-refractivity contribution in [2.24, 2.45) is 0 Å². The third-order valence-electron chi connectivity index (χ3n) is 3.05. The van der Waals surface area contributed by atoms with E-state index in [0.29, 0.717) is 10.7 Å². The fraction of sp³-hybridized carbons (Fsp3) is 0.545. The highest BCUT2D eigenvalue weighted by atomic mass is 32.1. The van der Waals surface area contributed by atoms with Crippen molar-refractivity contribution < 1.29 is 14.7 Å². The van der Waals surface area contributed by atoms with Gasteiger partial charge in [-0.05, 0) is 37.8 Å². The van der Waals surface area contributed by atoms with Gasteiger partial charge in [0.25, 0.3) is 0 Å². The summed E-state index contributed by atoms with van der Waals surface area (Å²) in [6.07, 6.45) is 1.76. The Bertz CT molecular complexity index is 480. The molecule has 0 aliphatic carbocycles. The van der Waals surface area contributed by atoms with Gasteiger partial charge in [-0.3, -0.25) is 4.79 Å². The number of aromatic nitrogens is 1. The number of likely N-dealkylation sites (N-methyl/N-ethyl adjacent to an activating group) is 1. The van der Waals surface area contributed by atoms with Crippen molar-refractivity contribution in [3.8, 4) is 0 Å². The molecule has 0 bridgehead atoms. The van der Waals surface area contributed by atoms with E-state index in [0.717, 1.165) is 30.9 Å². The van der Waals surface area contributed by atoms with E-state index in [1.807, 2.05) is 0 Å². The quantitative estimate of drug-likeness (QED) is 0.850. The van der Waals surface area contributed by atoms with Crippen LogP contribution in [-0.2, 0) is 4.79 Å². The standard InChI is InChI=1S/C11H15N3O3S/c1-6-8(11(16)17)10(18-13-6)14(2)9(15)7-4-3-5-12-7/h7,12H,3-5H2,1-2H3,(H,16,17). The van der Waals surface area contributed by atoms with Crippen LogP contribution in [0.2, 0.25) is 0 Å². The lowest BCUT2D eigenvalue weighted by Gasteiger charge is -2.19. The number of carboxylic acids is 1. The minimum Gasteiger partial charge on any atom is -0.478 e. The van der Waals surface area contributed by atoms with Crippen LogP contribution in [0.5, 0.6) is 0 Å². The summed E-state index contributed by atoms with van der Waals surface area (Å²) in [5, 5.41) is 12.7. The zero-order chi connectivity index (χ0) is 13.3. The van der Waals surface area contributed by atoms with Crippen LogP contribution in [0.3, 0.4) is 0 Å². The Balaban J connectivity index is 2.25. The van der Waals surface area contributed by atoms with Gasteiger partial charge in [-0.15, -0.1) is 0 Å². The summed E-state index contributed by atoms with van der Waals surface area (Å²) in [7, 11) is 1.60. The average molecular weight is 269 g/mol. The second-order valence-electron chi connectivity index (χ2n) is 4.30. The van der Waals surface area contributed by atoms with Crippen molar-refractivity contribution in [2.45, 2.75) is 25.8 Å². The number of carbonyl (C=O) groups excluding carboxylic acids is 1. The fourth-order valence-corrected chi connectivity index (χ4v) is 2.92. The molecule has 6 nitrogen and oxygen atoms in total. The van der Waals surface area contributed by atoms with Crippen LogP contribution in [-0.4, -0.2) is 41.0 Å². The maximum absolute atomic E-state index is 12.2. The summed E-state index contributed by atoms with van der Waals surface area (Å²) in [4.78, 5) is 24.7. The highest BCUT2D eigenvalue weighted by Crippen LogP contribution is 2.28. The topological polar surface area (TPSA) is 82.5 Å². The molecule has 1 atom stereocenters. The van der Waals surface area contributed by atoms with E-state index in [9.17, 15) is 9.59 Å². The van der Waals surface area contributed by atoms with E-state index in [-0.39, 0.29) is 17.5 Å². The van der Waals surface area contributed by atoms with Gasteiger partial charge in [0.05, 0.1) is 11.7 Å². The zero-order valence-corrected chi connectivity index (χ0v) is 11.1. The van der Waals surface area contributed by atoms with Crippen molar-refractivity contribution >= 4 is 28.4 Å². The van der Waals surface area contributed by atoms with Gasteiger partial charge in [0, 0.05) is 7.05 Å². The van der Waals surface area contributed by atoms with Crippen LogP contribution in [0.25, 0.3) is 0 Å². The predicted molar refractivity (Wildman–Crippen MR) is 68.2 cm³/mol. The van der Waals surface area contributed by atoms with E-state index >= 15 is 0 Å². The van der Waals surface area contributed by atoms with Crippen molar-refractivity contribution in [3.05, 3.63) is 11.3 Å². The maximum atomic E-state index is 12.2. The largest absolute Gasteiger partial charge is 0.478 e. The predicted octanol–water partition coefficient (Wildman–Crippen LogP) is 0.865. The Labute approximate surface area is 109 Å². The summed E-state index contributed by atoms with van der Waals surface area (Å²) in [6, 6.07) is -0.209. The minimum atomic E-state index is -1.05. The van der Waals surface area contributed by atoms with E-state index < -0.39 is 5.97 Å². The smallest absolute Gasteiger partial charge is 0.340 e. The molecular formula is C11H15N3O3S. The molecule has 0 spiro atoms. The molecule has 2 rings (SSSR count). The molecule has 0 saturated carbocycles. The van der Waals surface area contributed by atoms with Gasteiger partial charge in [-0.25, -0.2) is 4.79 Å². The molecule has 1 aliphatic heterocycles. The van der Waals surface area contributed by atoms with Crippen LogP contribution in [0, 0.1) is 6.92 Å². The lowest BCUT2D eigenvalue weighted by molar-refractivity contribution is -0.119. The number of amides is 1. The van der Waals surface area contributed by atoms with Gasteiger partial charge >= 0.3 is 5.97 Å². The molecule has 1 aromatic heterocycles. The number of rotatable bonds is 3. The number of carboxylic acid groups (broad SMARTS) is 1. The van der Waals surface area contributed by atoms with Gasteiger partial charge in [-0.2, -0.15) is 4.37 Å². The summed E-state index contributed by atoms with van der Waals surface area (Å²) in [5.41, 5.74) is 0.565. The van der Waals surface area contributed by atoms with E-state index in [2.05, 4.69) is 9.69 Å². The average Bonchev–Trinajstić information content (AvgIpc) is 2.95.